The van der Waals surface area contributed by atoms with Gasteiger partial charge in [0, 0.05) is 0 Å². The zero-order valence-electron chi connectivity index (χ0n) is 12.0. The van der Waals surface area contributed by atoms with Crippen molar-refractivity contribution in [2.75, 3.05) is 6.61 Å². The first-order valence-electron chi connectivity index (χ1n) is 6.73. The Hall–Kier alpha value is -0.730. The molecule has 3 saturated heterocycles. The molecule has 0 N–H and O–H groups in total. The van der Waals surface area contributed by atoms with E-state index < -0.39 is 36.2 Å². The minimum absolute atomic E-state index is 0.323. The van der Waals surface area contributed by atoms with Gasteiger partial charge in [0.25, 0.3) is 6.47 Å². The second-order valence-corrected chi connectivity index (χ2v) is 6.13. The van der Waals surface area contributed by atoms with Gasteiger partial charge >= 0.3 is 0 Å². The average molecular weight is 288 g/mol. The maximum absolute atomic E-state index is 10.8. The number of ether oxygens (including phenoxy) is 6. The maximum atomic E-state index is 10.8. The van der Waals surface area contributed by atoms with E-state index >= 15 is 0 Å². The molecule has 3 aliphatic heterocycles. The lowest BCUT2D eigenvalue weighted by Crippen LogP contribution is -2.44. The topological polar surface area (TPSA) is 72.5 Å². The molecule has 3 aliphatic rings. The summed E-state index contributed by atoms with van der Waals surface area (Å²) in [6.07, 6.45) is -2.37. The first-order chi connectivity index (χ1) is 9.31. The van der Waals surface area contributed by atoms with E-state index in [0.717, 1.165) is 0 Å². The molecular weight excluding hydrogens is 268 g/mol. The van der Waals surface area contributed by atoms with Crippen LogP contribution in [-0.2, 0) is 33.2 Å². The van der Waals surface area contributed by atoms with E-state index in [-0.39, 0.29) is 6.10 Å². The molecule has 0 saturated carbocycles. The van der Waals surface area contributed by atoms with E-state index in [0.29, 0.717) is 13.1 Å². The van der Waals surface area contributed by atoms with E-state index in [2.05, 4.69) is 0 Å². The smallest absolute Gasteiger partial charge is 0.293 e. The summed E-state index contributed by atoms with van der Waals surface area (Å²) in [5, 5.41) is 0. The molecule has 3 heterocycles. The van der Waals surface area contributed by atoms with Gasteiger partial charge in [-0.25, -0.2) is 0 Å². The van der Waals surface area contributed by atoms with Gasteiger partial charge in [0.1, 0.15) is 12.2 Å². The summed E-state index contributed by atoms with van der Waals surface area (Å²) >= 11 is 0. The molecule has 0 aromatic carbocycles. The van der Waals surface area contributed by atoms with Crippen LogP contribution < -0.4 is 0 Å². The highest BCUT2D eigenvalue weighted by atomic mass is 16.8. The first-order valence-corrected chi connectivity index (χ1v) is 6.73. The molecule has 3 fully saturated rings. The van der Waals surface area contributed by atoms with Crippen LogP contribution in [0, 0.1) is 0 Å². The number of hydrogen-bond acceptors (Lipinski definition) is 7. The van der Waals surface area contributed by atoms with Gasteiger partial charge in [-0.2, -0.15) is 0 Å². The Bertz CT molecular complexity index is 394. The van der Waals surface area contributed by atoms with Crippen LogP contribution in [0.25, 0.3) is 0 Å². The third-order valence-corrected chi connectivity index (χ3v) is 3.64. The average Bonchev–Trinajstić information content (AvgIpc) is 2.91. The molecule has 7 heteroatoms. The molecule has 0 radical (unpaired) electrons. The molecule has 0 aromatic rings. The Balaban J connectivity index is 1.75. The van der Waals surface area contributed by atoms with Crippen LogP contribution in [0.3, 0.4) is 0 Å². The van der Waals surface area contributed by atoms with Gasteiger partial charge in [-0.3, -0.25) is 4.79 Å². The van der Waals surface area contributed by atoms with Gasteiger partial charge in [0.15, 0.2) is 30.1 Å². The monoisotopic (exact) mass is 288 g/mol. The number of rotatable bonds is 3. The highest BCUT2D eigenvalue weighted by molar-refractivity contribution is 5.38. The Labute approximate surface area is 117 Å². The number of fused-ring (bicyclic) bond motifs is 1. The molecule has 7 nitrogen and oxygen atoms in total. The largest absolute Gasteiger partial charge is 0.459 e. The molecule has 0 amide bonds. The fourth-order valence-corrected chi connectivity index (χ4v) is 2.90. The van der Waals surface area contributed by atoms with Crippen LogP contribution >= 0.6 is 0 Å². The Morgan fingerprint density at radius 3 is 2.40 bits per heavy atom. The van der Waals surface area contributed by atoms with Crippen molar-refractivity contribution in [1.82, 2.24) is 0 Å². The molecule has 3 rings (SSSR count). The van der Waals surface area contributed by atoms with E-state index in [1.165, 1.54) is 0 Å². The fourth-order valence-electron chi connectivity index (χ4n) is 2.90. The van der Waals surface area contributed by atoms with Crippen molar-refractivity contribution in [1.29, 1.82) is 0 Å². The fraction of sp³-hybridized carbons (Fsp3) is 0.923. The number of carbonyl (C=O) groups is 1. The third kappa shape index (κ3) is 2.44. The lowest BCUT2D eigenvalue weighted by molar-refractivity contribution is -0.233. The van der Waals surface area contributed by atoms with Crippen molar-refractivity contribution in [3.63, 3.8) is 0 Å². The molecule has 0 aliphatic carbocycles. The molecule has 0 bridgehead atoms. The first kappa shape index (κ1) is 14.2. The van der Waals surface area contributed by atoms with E-state index in [1.54, 1.807) is 13.8 Å². The van der Waals surface area contributed by atoms with Gasteiger partial charge in [-0.15, -0.1) is 0 Å². The normalized spacial score (nSPS) is 45.3. The van der Waals surface area contributed by atoms with E-state index in [9.17, 15) is 4.79 Å². The predicted molar refractivity (Wildman–Crippen MR) is 64.5 cm³/mol. The SMILES string of the molecule is CC1(C)O[C@H]2O[C@H]([C@@H]3COC(C)(C)O3)[C@H](OC=O)[C@H]2O1. The van der Waals surface area contributed by atoms with Gasteiger partial charge < -0.3 is 28.4 Å². The second-order valence-electron chi connectivity index (χ2n) is 6.13. The highest BCUT2D eigenvalue weighted by Gasteiger charge is 2.59. The van der Waals surface area contributed by atoms with Gasteiger partial charge in [0.2, 0.25) is 0 Å². The molecule has 0 spiro atoms. The van der Waals surface area contributed by atoms with Crippen LogP contribution in [0.2, 0.25) is 0 Å². The molecule has 0 unspecified atom stereocenters. The van der Waals surface area contributed by atoms with Crippen molar-refractivity contribution in [3.8, 4) is 0 Å². The molecular formula is C13H20O7. The summed E-state index contributed by atoms with van der Waals surface area (Å²) < 4.78 is 33.7. The highest BCUT2D eigenvalue weighted by Crippen LogP contribution is 2.41. The summed E-state index contributed by atoms with van der Waals surface area (Å²) in [7, 11) is 0. The standard InChI is InChI=1S/C13H20O7/c1-12(2)16-5-7(18-12)8-9(15-6-14)10-11(17-8)20-13(3,4)19-10/h6-11H,5H2,1-4H3/t7-,8+,9-,10+,11+/m0/s1. The van der Waals surface area contributed by atoms with Crippen molar-refractivity contribution >= 4 is 6.47 Å². The van der Waals surface area contributed by atoms with Crippen LogP contribution in [-0.4, -0.2) is 55.4 Å². The lowest BCUT2D eigenvalue weighted by Gasteiger charge is -2.27. The molecule has 0 aromatic heterocycles. The quantitative estimate of drug-likeness (QED) is 0.702. The van der Waals surface area contributed by atoms with Crippen molar-refractivity contribution in [3.05, 3.63) is 0 Å². The van der Waals surface area contributed by atoms with E-state index in [4.69, 9.17) is 28.4 Å². The minimum Gasteiger partial charge on any atom is -0.459 e. The predicted octanol–water partition coefficient (Wildman–Crippen LogP) is 0.556. The van der Waals surface area contributed by atoms with Crippen LogP contribution in [0.5, 0.6) is 0 Å². The number of hydrogen-bond donors (Lipinski definition) is 0. The van der Waals surface area contributed by atoms with Crippen molar-refractivity contribution in [2.45, 2.75) is 70.0 Å². The van der Waals surface area contributed by atoms with Gasteiger partial charge in [0.05, 0.1) is 6.61 Å². The number of carbonyl (C=O) groups excluding carboxylic acids is 1. The summed E-state index contributed by atoms with van der Waals surface area (Å²) in [4.78, 5) is 10.8. The van der Waals surface area contributed by atoms with E-state index in [1.807, 2.05) is 13.8 Å². The lowest BCUT2D eigenvalue weighted by atomic mass is 10.1. The van der Waals surface area contributed by atoms with Crippen LogP contribution in [0.4, 0.5) is 0 Å². The summed E-state index contributed by atoms with van der Waals surface area (Å²) in [6, 6.07) is 0. The Morgan fingerprint density at radius 2 is 1.80 bits per heavy atom. The minimum atomic E-state index is -0.753. The summed E-state index contributed by atoms with van der Waals surface area (Å²) in [5.74, 6) is -1.42. The van der Waals surface area contributed by atoms with Gasteiger partial charge in [-0.1, -0.05) is 0 Å². The van der Waals surface area contributed by atoms with Crippen molar-refractivity contribution < 1.29 is 33.2 Å². The van der Waals surface area contributed by atoms with Crippen LogP contribution in [0.15, 0.2) is 0 Å². The van der Waals surface area contributed by atoms with Crippen LogP contribution in [0.1, 0.15) is 27.7 Å². The zero-order chi connectivity index (χ0) is 14.5. The molecule has 5 atom stereocenters. The Morgan fingerprint density at radius 1 is 1.05 bits per heavy atom. The molecule has 114 valence electrons. The zero-order valence-corrected chi connectivity index (χ0v) is 12.0. The summed E-state index contributed by atoms with van der Waals surface area (Å²) in [6.45, 7) is 8.01. The summed E-state index contributed by atoms with van der Waals surface area (Å²) in [5.41, 5.74) is 0. The molecule has 20 heavy (non-hydrogen) atoms. The maximum Gasteiger partial charge on any atom is 0.293 e. The van der Waals surface area contributed by atoms with Gasteiger partial charge in [-0.05, 0) is 27.7 Å². The third-order valence-electron chi connectivity index (χ3n) is 3.64. The Kier molecular flexibility index (Phi) is 3.30. The van der Waals surface area contributed by atoms with Crippen molar-refractivity contribution in [2.24, 2.45) is 0 Å². The second kappa shape index (κ2) is 4.64.